The number of halogens is 1. The quantitative estimate of drug-likeness (QED) is 0.625. The topological polar surface area (TPSA) is 22.1 Å². The summed E-state index contributed by atoms with van der Waals surface area (Å²) in [5.74, 6) is 0. The van der Waals surface area contributed by atoms with E-state index in [0.29, 0.717) is 23.2 Å². The van der Waals surface area contributed by atoms with Gasteiger partial charge >= 0.3 is 0 Å². The minimum Gasteiger partial charge on any atom is -0.410 e. The van der Waals surface area contributed by atoms with E-state index in [1.54, 1.807) is 6.20 Å². The Kier molecular flexibility index (Phi) is 6.23. The zero-order valence-corrected chi connectivity index (χ0v) is 15.6. The first-order valence-electron chi connectivity index (χ1n) is 7.47. The summed E-state index contributed by atoms with van der Waals surface area (Å²) in [5.41, 5.74) is 3.76. The van der Waals surface area contributed by atoms with Crippen molar-refractivity contribution in [2.45, 2.75) is 71.7 Å². The van der Waals surface area contributed by atoms with Gasteiger partial charge in [0.15, 0.2) is 0 Å². The van der Waals surface area contributed by atoms with E-state index in [1.165, 1.54) is 0 Å². The van der Waals surface area contributed by atoms with Crippen molar-refractivity contribution >= 4 is 19.9 Å². The maximum atomic E-state index is 6.55. The molecule has 0 saturated carbocycles. The van der Waals surface area contributed by atoms with Crippen molar-refractivity contribution in [3.63, 3.8) is 0 Å². The van der Waals surface area contributed by atoms with Gasteiger partial charge in [0.05, 0.1) is 12.3 Å². The molecular formula is C16H28ClNOSi. The van der Waals surface area contributed by atoms with Crippen LogP contribution in [-0.4, -0.2) is 13.3 Å². The first-order chi connectivity index (χ1) is 9.23. The van der Waals surface area contributed by atoms with Crippen molar-refractivity contribution in [2.24, 2.45) is 0 Å². The number of nitrogens with zero attached hydrogens (tertiary/aromatic N) is 1. The van der Waals surface area contributed by atoms with E-state index in [1.807, 2.05) is 13.0 Å². The van der Waals surface area contributed by atoms with Crippen molar-refractivity contribution < 1.29 is 4.43 Å². The molecule has 1 heterocycles. The highest BCUT2D eigenvalue weighted by Crippen LogP contribution is 2.42. The molecule has 1 aromatic heterocycles. The Hall–Kier alpha value is -0.383. The second-order valence-corrected chi connectivity index (χ2v) is 12.3. The minimum absolute atomic E-state index is 0.577. The zero-order chi connectivity index (χ0) is 15.5. The molecule has 1 aromatic rings. The van der Waals surface area contributed by atoms with Crippen LogP contribution in [0, 0.1) is 6.92 Å². The first-order valence-corrected chi connectivity index (χ1v) is 9.99. The number of rotatable bonds is 6. The Balaban J connectivity index is 3.00. The number of hydrogen-bond acceptors (Lipinski definition) is 2. The normalized spacial score (nSPS) is 12.8. The Morgan fingerprint density at radius 2 is 1.60 bits per heavy atom. The summed E-state index contributed by atoms with van der Waals surface area (Å²) in [6, 6.07) is 1.83. The lowest BCUT2D eigenvalue weighted by Crippen LogP contribution is -2.47. The van der Waals surface area contributed by atoms with Crippen LogP contribution >= 0.6 is 11.6 Å². The van der Waals surface area contributed by atoms with Gasteiger partial charge in [-0.25, -0.2) is 0 Å². The molecule has 0 amide bonds. The monoisotopic (exact) mass is 313 g/mol. The third kappa shape index (κ3) is 3.44. The molecular weight excluding hydrogens is 286 g/mol. The summed E-state index contributed by atoms with van der Waals surface area (Å²) >= 11 is 6.17. The van der Waals surface area contributed by atoms with Crippen LogP contribution in [0.5, 0.6) is 0 Å². The van der Waals surface area contributed by atoms with Crippen LogP contribution in [-0.2, 0) is 11.0 Å². The van der Waals surface area contributed by atoms with Gasteiger partial charge in [-0.3, -0.25) is 4.98 Å². The maximum absolute atomic E-state index is 6.55. The first kappa shape index (κ1) is 17.7. The highest BCUT2D eigenvalue weighted by Gasteiger charge is 2.45. The molecule has 1 rings (SSSR count). The molecule has 0 aromatic carbocycles. The molecule has 0 aliphatic rings. The fourth-order valence-electron chi connectivity index (χ4n) is 3.39. The van der Waals surface area contributed by atoms with Gasteiger partial charge in [0, 0.05) is 11.2 Å². The summed E-state index contributed by atoms with van der Waals surface area (Å²) in [6.45, 7) is 16.4. The van der Waals surface area contributed by atoms with Gasteiger partial charge in [-0.05, 0) is 35.2 Å². The van der Waals surface area contributed by atoms with Crippen LogP contribution in [0.15, 0.2) is 12.3 Å². The van der Waals surface area contributed by atoms with Crippen molar-refractivity contribution in [2.75, 3.05) is 0 Å². The summed E-state index contributed by atoms with van der Waals surface area (Å²) in [7, 11) is -1.83. The van der Waals surface area contributed by atoms with E-state index in [2.05, 4.69) is 46.5 Å². The Labute approximate surface area is 130 Å². The number of pyridine rings is 1. The second kappa shape index (κ2) is 7.06. The van der Waals surface area contributed by atoms with Crippen molar-refractivity contribution in [1.82, 2.24) is 4.98 Å². The highest BCUT2D eigenvalue weighted by atomic mass is 35.5. The molecule has 0 radical (unpaired) electrons. The molecule has 0 bridgehead atoms. The van der Waals surface area contributed by atoms with Crippen LogP contribution in [0.2, 0.25) is 21.6 Å². The van der Waals surface area contributed by atoms with Crippen LogP contribution < -0.4 is 0 Å². The van der Waals surface area contributed by atoms with Crippen molar-refractivity contribution in [3.8, 4) is 0 Å². The summed E-state index contributed by atoms with van der Waals surface area (Å²) < 4.78 is 6.55. The van der Waals surface area contributed by atoms with E-state index < -0.39 is 8.32 Å². The van der Waals surface area contributed by atoms with Crippen LogP contribution in [0.1, 0.15) is 52.8 Å². The highest BCUT2D eigenvalue weighted by molar-refractivity contribution is 6.77. The lowest BCUT2D eigenvalue weighted by molar-refractivity contribution is 0.261. The van der Waals surface area contributed by atoms with Gasteiger partial charge in [-0.1, -0.05) is 53.1 Å². The lowest BCUT2D eigenvalue weighted by Gasteiger charge is -2.42. The third-order valence-corrected chi connectivity index (χ3v) is 10.9. The largest absolute Gasteiger partial charge is 0.410 e. The fourth-order valence-corrected chi connectivity index (χ4v) is 8.94. The molecule has 0 aliphatic heterocycles. The third-order valence-electron chi connectivity index (χ3n) is 4.41. The maximum Gasteiger partial charge on any atom is 0.200 e. The Morgan fingerprint density at radius 1 is 1.10 bits per heavy atom. The van der Waals surface area contributed by atoms with Gasteiger partial charge < -0.3 is 4.43 Å². The second-order valence-electron chi connectivity index (χ2n) is 6.47. The van der Waals surface area contributed by atoms with E-state index in [9.17, 15) is 0 Å². The molecule has 0 saturated heterocycles. The lowest BCUT2D eigenvalue weighted by atomic mass is 10.2. The summed E-state index contributed by atoms with van der Waals surface area (Å²) in [6.07, 6.45) is 1.76. The Morgan fingerprint density at radius 3 is 2.05 bits per heavy atom. The smallest absolute Gasteiger partial charge is 0.200 e. The van der Waals surface area contributed by atoms with E-state index in [0.717, 1.165) is 16.3 Å². The average Bonchev–Trinajstić information content (AvgIpc) is 2.33. The molecule has 0 atom stereocenters. The molecule has 114 valence electrons. The molecule has 2 nitrogen and oxygen atoms in total. The van der Waals surface area contributed by atoms with Crippen LogP contribution in [0.3, 0.4) is 0 Å². The van der Waals surface area contributed by atoms with Crippen LogP contribution in [0.4, 0.5) is 0 Å². The number of aromatic nitrogens is 1. The predicted molar refractivity (Wildman–Crippen MR) is 89.8 cm³/mol. The van der Waals surface area contributed by atoms with Crippen molar-refractivity contribution in [3.05, 3.63) is 28.5 Å². The van der Waals surface area contributed by atoms with E-state index in [-0.39, 0.29) is 0 Å². The summed E-state index contributed by atoms with van der Waals surface area (Å²) in [4.78, 5) is 4.43. The van der Waals surface area contributed by atoms with Gasteiger partial charge in [0.1, 0.15) is 0 Å². The SMILES string of the molecule is Cc1c(Cl)ccnc1CO[Si](C(C)C)(C(C)C)C(C)C. The van der Waals surface area contributed by atoms with Crippen molar-refractivity contribution in [1.29, 1.82) is 0 Å². The van der Waals surface area contributed by atoms with Gasteiger partial charge in [0.2, 0.25) is 8.32 Å². The van der Waals surface area contributed by atoms with Gasteiger partial charge in [-0.15, -0.1) is 0 Å². The average molecular weight is 314 g/mol. The van der Waals surface area contributed by atoms with Gasteiger partial charge in [-0.2, -0.15) is 0 Å². The zero-order valence-electron chi connectivity index (χ0n) is 13.8. The van der Waals surface area contributed by atoms with Crippen LogP contribution in [0.25, 0.3) is 0 Å². The van der Waals surface area contributed by atoms with E-state index in [4.69, 9.17) is 16.0 Å². The molecule has 0 fully saturated rings. The molecule has 0 spiro atoms. The molecule has 0 aliphatic carbocycles. The molecule has 0 unspecified atom stereocenters. The van der Waals surface area contributed by atoms with E-state index >= 15 is 0 Å². The molecule has 0 N–H and O–H groups in total. The molecule has 20 heavy (non-hydrogen) atoms. The Bertz CT molecular complexity index is 424. The fraction of sp³-hybridized carbons (Fsp3) is 0.688. The minimum atomic E-state index is -1.83. The number of hydrogen-bond donors (Lipinski definition) is 0. The standard InChI is InChI=1S/C16H28ClNOSi/c1-11(2)20(12(3)4,13(5)6)19-10-16-14(7)15(17)8-9-18-16/h8-9,11-13H,10H2,1-7H3. The van der Waals surface area contributed by atoms with Gasteiger partial charge in [0.25, 0.3) is 0 Å². The summed E-state index contributed by atoms with van der Waals surface area (Å²) in [5, 5.41) is 0.768. The molecule has 4 heteroatoms. The predicted octanol–water partition coefficient (Wildman–Crippen LogP) is 5.74.